The smallest absolute Gasteiger partial charge is 0.317 e. The molecular weight excluding hydrogens is 344 g/mol. The van der Waals surface area contributed by atoms with Crippen molar-refractivity contribution in [3.63, 3.8) is 0 Å². The average Bonchev–Trinajstić information content (AvgIpc) is 2.67. The summed E-state index contributed by atoms with van der Waals surface area (Å²) in [5, 5.41) is 3.17. The van der Waals surface area contributed by atoms with Crippen LogP contribution in [0.3, 0.4) is 0 Å². The Labute approximate surface area is 162 Å². The van der Waals surface area contributed by atoms with Gasteiger partial charge >= 0.3 is 6.03 Å². The Morgan fingerprint density at radius 2 is 1.89 bits per heavy atom. The zero-order valence-corrected chi connectivity index (χ0v) is 16.7. The van der Waals surface area contributed by atoms with Crippen molar-refractivity contribution in [3.8, 4) is 11.5 Å². The zero-order valence-electron chi connectivity index (χ0n) is 16.7. The monoisotopic (exact) mass is 376 g/mol. The van der Waals surface area contributed by atoms with Gasteiger partial charge in [-0.05, 0) is 39.1 Å². The molecule has 1 aromatic rings. The lowest BCUT2D eigenvalue weighted by Gasteiger charge is -2.34. The van der Waals surface area contributed by atoms with Crippen LogP contribution >= 0.6 is 0 Å². The third kappa shape index (κ3) is 5.74. The molecule has 0 aliphatic carbocycles. The molecule has 1 N–H and O–H groups in total. The number of rotatable bonds is 6. The highest BCUT2D eigenvalue weighted by Crippen LogP contribution is 2.30. The van der Waals surface area contributed by atoms with Gasteiger partial charge in [-0.1, -0.05) is 12.1 Å². The second-order valence-corrected chi connectivity index (χ2v) is 7.75. The van der Waals surface area contributed by atoms with Gasteiger partial charge in [0, 0.05) is 39.3 Å². The maximum absolute atomic E-state index is 12.5. The van der Waals surface area contributed by atoms with Crippen LogP contribution in [-0.4, -0.2) is 93.4 Å². The van der Waals surface area contributed by atoms with Crippen molar-refractivity contribution in [1.82, 2.24) is 20.0 Å². The minimum Gasteiger partial charge on any atom is -0.486 e. The van der Waals surface area contributed by atoms with Crippen LogP contribution in [0.2, 0.25) is 0 Å². The van der Waals surface area contributed by atoms with Gasteiger partial charge in [0.1, 0.15) is 6.61 Å². The molecule has 27 heavy (non-hydrogen) atoms. The number of nitrogens with one attached hydrogen (secondary N) is 1. The maximum Gasteiger partial charge on any atom is 0.317 e. The molecule has 0 spiro atoms. The van der Waals surface area contributed by atoms with E-state index in [9.17, 15) is 4.79 Å². The summed E-state index contributed by atoms with van der Waals surface area (Å²) in [6, 6.07) is 7.85. The standard InChI is InChI=1S/C20H32N4O3/c1-22(2)12-13-24-10-8-16(9-11-24)21-20(25)23(3)14-17-15-26-18-6-4-5-7-19(18)27-17/h4-7,16-17H,8-15H2,1-3H3,(H,21,25)/t17-/m0/s1. The molecule has 2 aliphatic rings. The van der Waals surface area contributed by atoms with E-state index in [-0.39, 0.29) is 18.2 Å². The Hall–Kier alpha value is -1.99. The molecule has 1 aromatic carbocycles. The fourth-order valence-electron chi connectivity index (χ4n) is 3.47. The second-order valence-electron chi connectivity index (χ2n) is 7.75. The fourth-order valence-corrected chi connectivity index (χ4v) is 3.47. The van der Waals surface area contributed by atoms with Gasteiger partial charge in [0.15, 0.2) is 17.6 Å². The molecule has 1 atom stereocenters. The SMILES string of the molecule is CN(C)CCN1CCC(NC(=O)N(C)C[C@H]2COc3ccccc3O2)CC1. The van der Waals surface area contributed by atoms with Gasteiger partial charge in [0.25, 0.3) is 0 Å². The molecule has 1 saturated heterocycles. The van der Waals surface area contributed by atoms with E-state index in [4.69, 9.17) is 9.47 Å². The second kappa shape index (κ2) is 9.28. The van der Waals surface area contributed by atoms with Crippen LogP contribution in [0.4, 0.5) is 4.79 Å². The number of hydrogen-bond acceptors (Lipinski definition) is 5. The highest BCUT2D eigenvalue weighted by Gasteiger charge is 2.26. The Bertz CT molecular complexity index is 617. The molecule has 3 rings (SSSR count). The number of ether oxygens (including phenoxy) is 2. The lowest BCUT2D eigenvalue weighted by Crippen LogP contribution is -2.51. The summed E-state index contributed by atoms with van der Waals surface area (Å²) < 4.78 is 11.7. The third-order valence-corrected chi connectivity index (χ3v) is 5.17. The normalized spacial score (nSPS) is 20.5. The minimum absolute atomic E-state index is 0.0378. The topological polar surface area (TPSA) is 57.3 Å². The Kier molecular flexibility index (Phi) is 6.79. The van der Waals surface area contributed by atoms with E-state index in [0.717, 1.165) is 50.5 Å². The molecule has 2 amide bonds. The quantitative estimate of drug-likeness (QED) is 0.815. The molecule has 0 bridgehead atoms. The number of hydrogen-bond donors (Lipinski definition) is 1. The van der Waals surface area contributed by atoms with E-state index in [1.54, 1.807) is 4.90 Å². The first kappa shape index (κ1) is 19.8. The maximum atomic E-state index is 12.5. The molecule has 7 nitrogen and oxygen atoms in total. The van der Waals surface area contributed by atoms with Crippen molar-refractivity contribution in [2.45, 2.75) is 25.0 Å². The van der Waals surface area contributed by atoms with Gasteiger partial charge in [0.05, 0.1) is 6.54 Å². The van der Waals surface area contributed by atoms with E-state index in [2.05, 4.69) is 29.2 Å². The molecule has 0 aromatic heterocycles. The van der Waals surface area contributed by atoms with Crippen LogP contribution in [0.1, 0.15) is 12.8 Å². The zero-order chi connectivity index (χ0) is 19.2. The Morgan fingerprint density at radius 3 is 2.59 bits per heavy atom. The molecule has 0 saturated carbocycles. The number of urea groups is 1. The Balaban J connectivity index is 1.39. The molecular formula is C20H32N4O3. The number of nitrogens with zero attached hydrogens (tertiary/aromatic N) is 3. The summed E-state index contributed by atoms with van der Waals surface area (Å²) >= 11 is 0. The van der Waals surface area contributed by atoms with E-state index >= 15 is 0 Å². The Morgan fingerprint density at radius 1 is 1.19 bits per heavy atom. The van der Waals surface area contributed by atoms with Gasteiger partial charge in [-0.25, -0.2) is 4.79 Å². The lowest BCUT2D eigenvalue weighted by atomic mass is 10.1. The predicted octanol–water partition coefficient (Wildman–Crippen LogP) is 1.49. The number of para-hydroxylation sites is 2. The van der Waals surface area contributed by atoms with Crippen LogP contribution in [-0.2, 0) is 0 Å². The van der Waals surface area contributed by atoms with Crippen LogP contribution in [0, 0.1) is 0 Å². The lowest BCUT2D eigenvalue weighted by molar-refractivity contribution is 0.0707. The summed E-state index contributed by atoms with van der Waals surface area (Å²) in [5.74, 6) is 1.51. The summed E-state index contributed by atoms with van der Waals surface area (Å²) in [7, 11) is 6.01. The van der Waals surface area contributed by atoms with Crippen LogP contribution in [0.15, 0.2) is 24.3 Å². The summed E-state index contributed by atoms with van der Waals surface area (Å²) in [4.78, 5) is 18.9. The first-order chi connectivity index (χ1) is 13.0. The highest BCUT2D eigenvalue weighted by molar-refractivity contribution is 5.74. The number of amides is 2. The van der Waals surface area contributed by atoms with Crippen molar-refractivity contribution < 1.29 is 14.3 Å². The molecule has 0 unspecified atom stereocenters. The fraction of sp³-hybridized carbons (Fsp3) is 0.650. The number of carbonyl (C=O) groups is 1. The number of carbonyl (C=O) groups excluding carboxylic acids is 1. The van der Waals surface area contributed by atoms with E-state index in [1.165, 1.54) is 0 Å². The average molecular weight is 377 g/mol. The molecule has 0 radical (unpaired) electrons. The van der Waals surface area contributed by atoms with Gasteiger partial charge in [-0.3, -0.25) is 0 Å². The molecule has 150 valence electrons. The van der Waals surface area contributed by atoms with Crippen molar-refractivity contribution in [3.05, 3.63) is 24.3 Å². The summed E-state index contributed by atoms with van der Waals surface area (Å²) in [6.07, 6.45) is 1.86. The van der Waals surface area contributed by atoms with E-state index in [0.29, 0.717) is 13.2 Å². The highest BCUT2D eigenvalue weighted by atomic mass is 16.6. The summed E-state index contributed by atoms with van der Waals surface area (Å²) in [6.45, 7) is 5.21. The van der Waals surface area contributed by atoms with E-state index in [1.807, 2.05) is 31.3 Å². The number of likely N-dealkylation sites (tertiary alicyclic amines) is 1. The van der Waals surface area contributed by atoms with Gasteiger partial charge in [-0.2, -0.15) is 0 Å². The molecule has 2 aliphatic heterocycles. The number of likely N-dealkylation sites (N-methyl/N-ethyl adjacent to an activating group) is 2. The van der Waals surface area contributed by atoms with E-state index < -0.39 is 0 Å². The van der Waals surface area contributed by atoms with Crippen molar-refractivity contribution in [1.29, 1.82) is 0 Å². The molecule has 7 heteroatoms. The van der Waals surface area contributed by atoms with Crippen molar-refractivity contribution in [2.24, 2.45) is 0 Å². The predicted molar refractivity (Wildman–Crippen MR) is 106 cm³/mol. The minimum atomic E-state index is -0.150. The first-order valence-corrected chi connectivity index (χ1v) is 9.78. The van der Waals surface area contributed by atoms with Gasteiger partial charge in [0.2, 0.25) is 0 Å². The van der Waals surface area contributed by atoms with Crippen LogP contribution < -0.4 is 14.8 Å². The third-order valence-electron chi connectivity index (χ3n) is 5.17. The van der Waals surface area contributed by atoms with Crippen LogP contribution in [0.5, 0.6) is 11.5 Å². The van der Waals surface area contributed by atoms with Crippen molar-refractivity contribution >= 4 is 6.03 Å². The van der Waals surface area contributed by atoms with Crippen molar-refractivity contribution in [2.75, 3.05) is 60.5 Å². The van der Waals surface area contributed by atoms with Gasteiger partial charge in [-0.15, -0.1) is 0 Å². The molecule has 1 fully saturated rings. The largest absolute Gasteiger partial charge is 0.486 e. The number of piperidine rings is 1. The number of benzene rings is 1. The van der Waals surface area contributed by atoms with Gasteiger partial charge < -0.3 is 29.5 Å². The molecule has 2 heterocycles. The first-order valence-electron chi connectivity index (χ1n) is 9.78. The summed E-state index contributed by atoms with van der Waals surface area (Å²) in [5.41, 5.74) is 0. The number of fused-ring (bicyclic) bond motifs is 1. The van der Waals surface area contributed by atoms with Crippen LogP contribution in [0.25, 0.3) is 0 Å².